The summed E-state index contributed by atoms with van der Waals surface area (Å²) in [6.45, 7) is 0. The first-order valence-electron chi connectivity index (χ1n) is 5.72. The molecule has 21 heavy (non-hydrogen) atoms. The maximum absolute atomic E-state index is 12.8. The first-order valence-corrected chi connectivity index (χ1v) is 5.72. The minimum Gasteiger partial charge on any atom is -0.305 e. The third-order valence-corrected chi connectivity index (χ3v) is 2.53. The topological polar surface area (TPSA) is 78.7 Å². The molecule has 2 aromatic rings. The second kappa shape index (κ2) is 5.70. The van der Waals surface area contributed by atoms with Crippen molar-refractivity contribution < 1.29 is 18.0 Å². The third kappa shape index (κ3) is 3.41. The normalized spacial score (nSPS) is 11.0. The molecule has 0 unspecified atom stereocenters. The van der Waals surface area contributed by atoms with E-state index in [1.165, 1.54) is 12.3 Å². The van der Waals surface area contributed by atoms with E-state index in [0.29, 0.717) is 6.07 Å². The van der Waals surface area contributed by atoms with Crippen LogP contribution in [0.1, 0.15) is 21.6 Å². The van der Waals surface area contributed by atoms with E-state index in [4.69, 9.17) is 5.41 Å². The Morgan fingerprint density at radius 1 is 1.19 bits per heavy atom. The number of amidine groups is 1. The predicted octanol–water partition coefficient (Wildman–Crippen LogP) is 2.25. The van der Waals surface area contributed by atoms with Gasteiger partial charge in [0.25, 0.3) is 5.91 Å². The molecule has 108 valence electrons. The van der Waals surface area contributed by atoms with Crippen LogP contribution in [0.25, 0.3) is 0 Å². The standard InChI is InChI=1S/C13H9F3N4O/c14-13(15,16)9-4-6-18-7-8(9)12(21)20-11(17)10-3-1-2-5-19-10/h1-7H,(H2,17,20,21). The van der Waals surface area contributed by atoms with Crippen LogP contribution in [-0.4, -0.2) is 21.7 Å². The zero-order chi connectivity index (χ0) is 15.5. The number of hydrogen-bond donors (Lipinski definition) is 2. The minimum absolute atomic E-state index is 0.142. The summed E-state index contributed by atoms with van der Waals surface area (Å²) in [5.41, 5.74) is -1.61. The highest BCUT2D eigenvalue weighted by atomic mass is 19.4. The second-order valence-corrected chi connectivity index (χ2v) is 3.96. The Hall–Kier alpha value is -2.77. The van der Waals surface area contributed by atoms with Gasteiger partial charge in [0.05, 0.1) is 11.1 Å². The Morgan fingerprint density at radius 2 is 1.95 bits per heavy atom. The van der Waals surface area contributed by atoms with Crippen molar-refractivity contribution in [1.82, 2.24) is 15.3 Å². The molecule has 0 aliphatic carbocycles. The van der Waals surface area contributed by atoms with Crippen LogP contribution in [0, 0.1) is 5.41 Å². The molecular formula is C13H9F3N4O. The fourth-order valence-electron chi connectivity index (χ4n) is 1.58. The fourth-order valence-corrected chi connectivity index (χ4v) is 1.58. The van der Waals surface area contributed by atoms with Crippen LogP contribution >= 0.6 is 0 Å². The van der Waals surface area contributed by atoms with Gasteiger partial charge in [-0.25, -0.2) is 0 Å². The van der Waals surface area contributed by atoms with E-state index >= 15 is 0 Å². The molecule has 1 amide bonds. The van der Waals surface area contributed by atoms with Gasteiger partial charge in [-0.2, -0.15) is 13.2 Å². The van der Waals surface area contributed by atoms with E-state index in [1.54, 1.807) is 12.1 Å². The number of halogens is 3. The van der Waals surface area contributed by atoms with Crippen molar-refractivity contribution in [3.63, 3.8) is 0 Å². The Labute approximate surface area is 117 Å². The highest BCUT2D eigenvalue weighted by Gasteiger charge is 2.35. The highest BCUT2D eigenvalue weighted by molar-refractivity contribution is 6.11. The second-order valence-electron chi connectivity index (χ2n) is 3.96. The smallest absolute Gasteiger partial charge is 0.305 e. The van der Waals surface area contributed by atoms with Gasteiger partial charge in [0.1, 0.15) is 5.69 Å². The molecule has 2 rings (SSSR count). The average molecular weight is 294 g/mol. The van der Waals surface area contributed by atoms with Crippen LogP contribution in [0.4, 0.5) is 13.2 Å². The quantitative estimate of drug-likeness (QED) is 0.658. The van der Waals surface area contributed by atoms with Crippen LogP contribution in [0.3, 0.4) is 0 Å². The lowest BCUT2D eigenvalue weighted by Gasteiger charge is -2.12. The Morgan fingerprint density at radius 3 is 2.57 bits per heavy atom. The summed E-state index contributed by atoms with van der Waals surface area (Å²) in [6.07, 6.45) is -1.52. The SMILES string of the molecule is N=C(NC(=O)c1cnccc1C(F)(F)F)c1ccccn1. The lowest BCUT2D eigenvalue weighted by atomic mass is 10.1. The summed E-state index contributed by atoms with van der Waals surface area (Å²) >= 11 is 0. The lowest BCUT2D eigenvalue weighted by Crippen LogP contribution is -2.32. The maximum Gasteiger partial charge on any atom is 0.417 e. The zero-order valence-corrected chi connectivity index (χ0v) is 10.5. The van der Waals surface area contributed by atoms with Crippen molar-refractivity contribution in [3.8, 4) is 0 Å². The van der Waals surface area contributed by atoms with E-state index in [9.17, 15) is 18.0 Å². The fraction of sp³-hybridized carbons (Fsp3) is 0.0769. The third-order valence-electron chi connectivity index (χ3n) is 2.53. The number of amides is 1. The number of nitrogens with one attached hydrogen (secondary N) is 2. The number of carbonyl (C=O) groups excluding carboxylic acids is 1. The van der Waals surface area contributed by atoms with Crippen LogP contribution in [0.15, 0.2) is 42.9 Å². The summed E-state index contributed by atoms with van der Waals surface area (Å²) in [5, 5.41) is 9.71. The number of pyridine rings is 2. The molecule has 8 heteroatoms. The Bertz CT molecular complexity index is 671. The molecule has 0 atom stereocenters. The van der Waals surface area contributed by atoms with Crippen molar-refractivity contribution >= 4 is 11.7 Å². The van der Waals surface area contributed by atoms with Crippen molar-refractivity contribution in [2.45, 2.75) is 6.18 Å². The Kier molecular flexibility index (Phi) is 3.97. The van der Waals surface area contributed by atoms with Gasteiger partial charge in [0.2, 0.25) is 0 Å². The van der Waals surface area contributed by atoms with Crippen LogP contribution in [-0.2, 0) is 6.18 Å². The summed E-state index contributed by atoms with van der Waals surface area (Å²) in [7, 11) is 0. The molecule has 2 aromatic heterocycles. The van der Waals surface area contributed by atoms with Crippen molar-refractivity contribution in [1.29, 1.82) is 5.41 Å². The summed E-state index contributed by atoms with van der Waals surface area (Å²) in [5.74, 6) is -1.45. The molecule has 0 aliphatic rings. The van der Waals surface area contributed by atoms with Crippen molar-refractivity contribution in [2.75, 3.05) is 0 Å². The highest BCUT2D eigenvalue weighted by Crippen LogP contribution is 2.31. The molecule has 2 N–H and O–H groups in total. The molecule has 0 fully saturated rings. The number of aromatic nitrogens is 2. The van der Waals surface area contributed by atoms with Gasteiger partial charge in [0.15, 0.2) is 5.84 Å². The summed E-state index contributed by atoms with van der Waals surface area (Å²) in [4.78, 5) is 19.2. The van der Waals surface area contributed by atoms with Gasteiger partial charge >= 0.3 is 6.18 Å². The zero-order valence-electron chi connectivity index (χ0n) is 10.5. The monoisotopic (exact) mass is 294 g/mol. The number of alkyl halides is 3. The lowest BCUT2D eigenvalue weighted by molar-refractivity contribution is -0.138. The molecule has 0 bridgehead atoms. The van der Waals surface area contributed by atoms with Crippen molar-refractivity contribution in [3.05, 3.63) is 59.7 Å². The van der Waals surface area contributed by atoms with E-state index in [0.717, 1.165) is 12.4 Å². The largest absolute Gasteiger partial charge is 0.417 e. The number of nitrogens with zero attached hydrogens (tertiary/aromatic N) is 2. The van der Waals surface area contributed by atoms with Gasteiger partial charge in [0, 0.05) is 18.6 Å². The molecule has 0 aromatic carbocycles. The molecule has 0 saturated carbocycles. The van der Waals surface area contributed by atoms with Gasteiger partial charge in [-0.15, -0.1) is 0 Å². The van der Waals surface area contributed by atoms with Crippen molar-refractivity contribution in [2.24, 2.45) is 0 Å². The first kappa shape index (κ1) is 14.6. The van der Waals surface area contributed by atoms with E-state index in [-0.39, 0.29) is 5.69 Å². The van der Waals surface area contributed by atoms with E-state index in [2.05, 4.69) is 15.3 Å². The minimum atomic E-state index is -4.68. The van der Waals surface area contributed by atoms with Crippen LogP contribution < -0.4 is 5.32 Å². The molecular weight excluding hydrogens is 285 g/mol. The van der Waals surface area contributed by atoms with Gasteiger partial charge < -0.3 is 5.32 Å². The molecule has 0 aliphatic heterocycles. The maximum atomic E-state index is 12.8. The molecule has 5 nitrogen and oxygen atoms in total. The first-order chi connectivity index (χ1) is 9.89. The number of carbonyl (C=O) groups is 1. The summed E-state index contributed by atoms with van der Waals surface area (Å²) in [6, 6.07) is 5.37. The van der Waals surface area contributed by atoms with Crippen LogP contribution in [0.5, 0.6) is 0 Å². The number of hydrogen-bond acceptors (Lipinski definition) is 4. The van der Waals surface area contributed by atoms with E-state index in [1.807, 2.05) is 0 Å². The average Bonchev–Trinajstić information content (AvgIpc) is 2.47. The Balaban J connectivity index is 2.24. The van der Waals surface area contributed by atoms with E-state index < -0.39 is 29.0 Å². The molecule has 0 spiro atoms. The predicted molar refractivity (Wildman–Crippen MR) is 67.8 cm³/mol. The van der Waals surface area contributed by atoms with Gasteiger partial charge in [-0.3, -0.25) is 20.2 Å². The van der Waals surface area contributed by atoms with Gasteiger partial charge in [-0.1, -0.05) is 6.07 Å². The molecule has 0 saturated heterocycles. The molecule has 2 heterocycles. The molecule has 0 radical (unpaired) electrons. The summed E-state index contributed by atoms with van der Waals surface area (Å²) < 4.78 is 38.4. The van der Waals surface area contributed by atoms with Crippen LogP contribution in [0.2, 0.25) is 0 Å². The number of rotatable bonds is 2. The van der Waals surface area contributed by atoms with Gasteiger partial charge in [-0.05, 0) is 18.2 Å².